The van der Waals surface area contributed by atoms with Crippen LogP contribution in [0.15, 0.2) is 29.5 Å². The number of rotatable bonds is 6. The van der Waals surface area contributed by atoms with Crippen molar-refractivity contribution >= 4 is 17.1 Å². The average molecular weight is 298 g/mol. The van der Waals surface area contributed by atoms with Gasteiger partial charge in [-0.15, -0.1) is 0 Å². The molecule has 0 saturated carbocycles. The fourth-order valence-corrected chi connectivity index (χ4v) is 1.53. The van der Waals surface area contributed by atoms with E-state index in [0.29, 0.717) is 0 Å². The molecule has 1 rings (SSSR count). The number of nitro groups is 1. The van der Waals surface area contributed by atoms with Gasteiger partial charge in [-0.1, -0.05) is 0 Å². The molecule has 110 valence electrons. The van der Waals surface area contributed by atoms with Gasteiger partial charge in [0.05, 0.1) is 11.5 Å². The Morgan fingerprint density at radius 2 is 1.95 bits per heavy atom. The third-order valence-electron chi connectivity index (χ3n) is 2.48. The van der Waals surface area contributed by atoms with Crippen molar-refractivity contribution in [2.24, 2.45) is 0 Å². The van der Waals surface area contributed by atoms with Crippen molar-refractivity contribution in [3.63, 3.8) is 0 Å². The van der Waals surface area contributed by atoms with Crippen LogP contribution in [0.4, 0.5) is 17.1 Å². The Hall–Kier alpha value is -3.61. The quantitative estimate of drug-likeness (QED) is 0.401. The largest absolute Gasteiger partial charge is 0.395 e. The van der Waals surface area contributed by atoms with E-state index in [2.05, 4.69) is 10.6 Å². The maximum absolute atomic E-state index is 11.0. The third-order valence-corrected chi connectivity index (χ3v) is 2.48. The molecule has 9 heteroatoms. The minimum Gasteiger partial charge on any atom is -0.395 e. The first-order chi connectivity index (χ1) is 10.6. The number of nitro benzene ring substituents is 1. The van der Waals surface area contributed by atoms with E-state index >= 15 is 0 Å². The van der Waals surface area contributed by atoms with Gasteiger partial charge in [0.25, 0.3) is 5.69 Å². The van der Waals surface area contributed by atoms with E-state index in [4.69, 9.17) is 20.9 Å². The van der Waals surface area contributed by atoms with Gasteiger partial charge < -0.3 is 15.7 Å². The summed E-state index contributed by atoms with van der Waals surface area (Å²) in [6.45, 7) is -0.0455. The summed E-state index contributed by atoms with van der Waals surface area (Å²) in [6, 6.07) is 8.76. The highest BCUT2D eigenvalue weighted by Crippen LogP contribution is 2.28. The van der Waals surface area contributed by atoms with Crippen LogP contribution >= 0.6 is 0 Å². The summed E-state index contributed by atoms with van der Waals surface area (Å²) < 4.78 is 0. The zero-order valence-electron chi connectivity index (χ0n) is 11.2. The van der Waals surface area contributed by atoms with Crippen molar-refractivity contribution in [1.29, 1.82) is 15.8 Å². The van der Waals surface area contributed by atoms with Crippen LogP contribution in [0.1, 0.15) is 0 Å². The van der Waals surface area contributed by atoms with Gasteiger partial charge in [0.15, 0.2) is 5.57 Å². The van der Waals surface area contributed by atoms with Gasteiger partial charge in [-0.25, -0.2) is 0 Å². The molecule has 0 aliphatic rings. The molecular formula is C13H10N6O3. The summed E-state index contributed by atoms with van der Waals surface area (Å²) in [5.74, 6) is 0. The van der Waals surface area contributed by atoms with Crippen LogP contribution < -0.4 is 10.6 Å². The maximum Gasteiger partial charge on any atom is 0.294 e. The number of hydrogen-bond acceptors (Lipinski definition) is 8. The first kappa shape index (κ1) is 16.4. The Balaban J connectivity index is 3.19. The van der Waals surface area contributed by atoms with Crippen molar-refractivity contribution in [2.45, 2.75) is 0 Å². The molecule has 1 aromatic rings. The smallest absolute Gasteiger partial charge is 0.294 e. The van der Waals surface area contributed by atoms with Crippen molar-refractivity contribution in [3.05, 3.63) is 39.6 Å². The number of nitrogens with zero attached hydrogens (tertiary/aromatic N) is 4. The molecule has 0 aliphatic heterocycles. The lowest BCUT2D eigenvalue weighted by atomic mass is 10.2. The fourth-order valence-electron chi connectivity index (χ4n) is 1.53. The van der Waals surface area contributed by atoms with Gasteiger partial charge >= 0.3 is 0 Å². The highest BCUT2D eigenvalue weighted by atomic mass is 16.6. The number of benzene rings is 1. The third kappa shape index (κ3) is 3.94. The Labute approximate surface area is 125 Å². The standard InChI is InChI=1S/C13H10N6O3/c14-6-9(7-15)12(8-16)18-10-1-2-11(17-3-4-20)13(5-10)19(21)22/h1-2,5,17-18,20H,3-4H2. The molecule has 0 amide bonds. The Morgan fingerprint density at radius 1 is 1.27 bits per heavy atom. The number of aliphatic hydroxyl groups excluding tert-OH is 1. The number of anilines is 2. The van der Waals surface area contributed by atoms with Crippen LogP contribution in [-0.2, 0) is 0 Å². The molecule has 0 bridgehead atoms. The minimum absolute atomic E-state index is 0.143. The lowest BCUT2D eigenvalue weighted by molar-refractivity contribution is -0.383. The van der Waals surface area contributed by atoms with Crippen molar-refractivity contribution < 1.29 is 10.0 Å². The van der Waals surface area contributed by atoms with Crippen molar-refractivity contribution in [2.75, 3.05) is 23.8 Å². The van der Waals surface area contributed by atoms with Gasteiger partial charge in [-0.05, 0) is 12.1 Å². The van der Waals surface area contributed by atoms with E-state index < -0.39 is 10.5 Å². The molecule has 0 aliphatic carbocycles. The van der Waals surface area contributed by atoms with Crippen molar-refractivity contribution in [1.82, 2.24) is 0 Å². The molecule has 3 N–H and O–H groups in total. The predicted octanol–water partition coefficient (Wildman–Crippen LogP) is 1.24. The number of nitrogens with one attached hydrogen (secondary N) is 2. The van der Waals surface area contributed by atoms with Gasteiger partial charge in [-0.2, -0.15) is 15.8 Å². The predicted molar refractivity (Wildman–Crippen MR) is 76.2 cm³/mol. The summed E-state index contributed by atoms with van der Waals surface area (Å²) in [7, 11) is 0. The van der Waals surface area contributed by atoms with Crippen LogP contribution in [0.2, 0.25) is 0 Å². The summed E-state index contributed by atoms with van der Waals surface area (Å²) in [5.41, 5.74) is -0.608. The second kappa shape index (κ2) is 7.85. The summed E-state index contributed by atoms with van der Waals surface area (Å²) in [6.07, 6.45) is 0. The van der Waals surface area contributed by atoms with Gasteiger partial charge in [0.1, 0.15) is 29.6 Å². The molecule has 22 heavy (non-hydrogen) atoms. The number of allylic oxidation sites excluding steroid dienone is 2. The molecule has 0 saturated heterocycles. The van der Waals surface area contributed by atoms with Crippen LogP contribution in [0.3, 0.4) is 0 Å². The monoisotopic (exact) mass is 298 g/mol. The Bertz CT molecular complexity index is 720. The highest BCUT2D eigenvalue weighted by molar-refractivity contribution is 5.70. The Morgan fingerprint density at radius 3 is 2.45 bits per heavy atom. The van der Waals surface area contributed by atoms with E-state index in [-0.39, 0.29) is 35.9 Å². The van der Waals surface area contributed by atoms with E-state index in [1.165, 1.54) is 12.1 Å². The van der Waals surface area contributed by atoms with Crippen LogP contribution in [0, 0.1) is 44.1 Å². The average Bonchev–Trinajstić information content (AvgIpc) is 2.53. The van der Waals surface area contributed by atoms with E-state index in [9.17, 15) is 10.1 Å². The van der Waals surface area contributed by atoms with E-state index in [1.54, 1.807) is 18.2 Å². The molecular weight excluding hydrogens is 288 g/mol. The van der Waals surface area contributed by atoms with Gasteiger partial charge in [-0.3, -0.25) is 10.1 Å². The lowest BCUT2D eigenvalue weighted by Gasteiger charge is -2.09. The van der Waals surface area contributed by atoms with Crippen LogP contribution in [0.5, 0.6) is 0 Å². The zero-order chi connectivity index (χ0) is 16.5. The molecule has 0 heterocycles. The fraction of sp³-hybridized carbons (Fsp3) is 0.154. The van der Waals surface area contributed by atoms with E-state index in [1.807, 2.05) is 0 Å². The van der Waals surface area contributed by atoms with Gasteiger partial charge in [0.2, 0.25) is 0 Å². The maximum atomic E-state index is 11.0. The first-order valence-electron chi connectivity index (χ1n) is 5.92. The summed E-state index contributed by atoms with van der Waals surface area (Å²) >= 11 is 0. The molecule has 0 atom stereocenters. The highest BCUT2D eigenvalue weighted by Gasteiger charge is 2.15. The summed E-state index contributed by atoms with van der Waals surface area (Å²) in [4.78, 5) is 10.4. The minimum atomic E-state index is -0.629. The normalized spacial score (nSPS) is 8.82. The van der Waals surface area contributed by atoms with Crippen LogP contribution in [0.25, 0.3) is 0 Å². The molecule has 0 spiro atoms. The second-order valence-corrected chi connectivity index (χ2v) is 3.85. The van der Waals surface area contributed by atoms with Gasteiger partial charge in [0, 0.05) is 18.3 Å². The molecule has 1 aromatic carbocycles. The number of hydrogen-bond donors (Lipinski definition) is 3. The lowest BCUT2D eigenvalue weighted by Crippen LogP contribution is -2.08. The van der Waals surface area contributed by atoms with E-state index in [0.717, 1.165) is 6.07 Å². The molecule has 9 nitrogen and oxygen atoms in total. The molecule has 0 fully saturated rings. The van der Waals surface area contributed by atoms with Crippen LogP contribution in [-0.4, -0.2) is 23.2 Å². The Kier molecular flexibility index (Phi) is 5.87. The SMILES string of the molecule is N#CC(C#N)=C(C#N)Nc1ccc(NCCO)c([N+](=O)[O-])c1. The first-order valence-corrected chi connectivity index (χ1v) is 5.92. The zero-order valence-corrected chi connectivity index (χ0v) is 11.2. The number of aliphatic hydroxyl groups is 1. The van der Waals surface area contributed by atoms with Crippen molar-refractivity contribution in [3.8, 4) is 18.2 Å². The summed E-state index contributed by atoms with van der Waals surface area (Å²) in [5, 5.41) is 51.3. The molecule has 0 unspecified atom stereocenters. The number of nitriles is 3. The molecule has 0 aromatic heterocycles. The second-order valence-electron chi connectivity index (χ2n) is 3.85. The molecule has 0 radical (unpaired) electrons. The topological polar surface area (TPSA) is 159 Å².